The van der Waals surface area contributed by atoms with E-state index in [1.165, 1.54) is 16.8 Å². The normalized spacial score (nSPS) is 17.3. The molecule has 1 aliphatic rings. The molecule has 0 atom stereocenters. The Labute approximate surface area is 85.4 Å². The third-order valence-corrected chi connectivity index (χ3v) is 2.61. The molecule has 0 amide bonds. The highest BCUT2D eigenvalue weighted by Crippen LogP contribution is 2.31. The topological polar surface area (TPSA) is 3.24 Å². The predicted molar refractivity (Wildman–Crippen MR) is 62.3 cm³/mol. The molecular formula is C13H15N. The van der Waals surface area contributed by atoms with E-state index in [0.29, 0.717) is 0 Å². The van der Waals surface area contributed by atoms with Crippen molar-refractivity contribution in [2.24, 2.45) is 0 Å². The summed E-state index contributed by atoms with van der Waals surface area (Å²) in [6, 6.07) is 8.53. The van der Waals surface area contributed by atoms with Gasteiger partial charge in [0.2, 0.25) is 0 Å². The molecule has 0 unspecified atom stereocenters. The van der Waals surface area contributed by atoms with Crippen molar-refractivity contribution in [3.8, 4) is 0 Å². The summed E-state index contributed by atoms with van der Waals surface area (Å²) in [5, 5.41) is 0. The summed E-state index contributed by atoms with van der Waals surface area (Å²) in [6.45, 7) is 5.27. The van der Waals surface area contributed by atoms with Crippen LogP contribution in [0.3, 0.4) is 0 Å². The van der Waals surface area contributed by atoms with Gasteiger partial charge in [-0.25, -0.2) is 0 Å². The van der Waals surface area contributed by atoms with Crippen LogP contribution in [0.4, 0.5) is 5.69 Å². The molecule has 14 heavy (non-hydrogen) atoms. The minimum Gasteiger partial charge on any atom is -0.348 e. The van der Waals surface area contributed by atoms with Crippen LogP contribution >= 0.6 is 0 Å². The number of fused-ring (bicyclic) bond motifs is 1. The fourth-order valence-corrected chi connectivity index (χ4v) is 1.84. The largest absolute Gasteiger partial charge is 0.348 e. The van der Waals surface area contributed by atoms with Crippen molar-refractivity contribution < 1.29 is 0 Å². The van der Waals surface area contributed by atoms with Crippen molar-refractivity contribution in [2.45, 2.75) is 13.8 Å². The number of allylic oxidation sites excluding steroid dienone is 3. The lowest BCUT2D eigenvalue weighted by Gasteiger charge is -2.26. The summed E-state index contributed by atoms with van der Waals surface area (Å²) in [5.74, 6) is 0. The van der Waals surface area contributed by atoms with Gasteiger partial charge in [-0.3, -0.25) is 0 Å². The Morgan fingerprint density at radius 1 is 1.29 bits per heavy atom. The van der Waals surface area contributed by atoms with Gasteiger partial charge in [-0.2, -0.15) is 0 Å². The van der Waals surface area contributed by atoms with E-state index in [1.807, 2.05) is 0 Å². The fourth-order valence-electron chi connectivity index (χ4n) is 1.84. The van der Waals surface area contributed by atoms with Crippen molar-refractivity contribution >= 4 is 11.3 Å². The molecule has 0 saturated heterocycles. The SMILES string of the molecule is C/C=C1/C=CN(CC)c2ccccc21. The second-order valence-corrected chi connectivity index (χ2v) is 3.36. The number of anilines is 1. The molecule has 1 heterocycles. The van der Waals surface area contributed by atoms with Crippen molar-refractivity contribution in [3.05, 3.63) is 48.2 Å². The lowest BCUT2D eigenvalue weighted by atomic mass is 10.00. The highest BCUT2D eigenvalue weighted by molar-refractivity contribution is 5.85. The minimum absolute atomic E-state index is 1.02. The first-order chi connectivity index (χ1) is 6.86. The molecule has 0 saturated carbocycles. The molecule has 0 N–H and O–H groups in total. The van der Waals surface area contributed by atoms with Crippen LogP contribution < -0.4 is 4.90 Å². The second-order valence-electron chi connectivity index (χ2n) is 3.36. The molecule has 0 bridgehead atoms. The zero-order valence-corrected chi connectivity index (χ0v) is 8.70. The van der Waals surface area contributed by atoms with E-state index in [2.05, 4.69) is 61.4 Å². The maximum Gasteiger partial charge on any atom is 0.0485 e. The first-order valence-electron chi connectivity index (χ1n) is 5.07. The van der Waals surface area contributed by atoms with Gasteiger partial charge in [0.05, 0.1) is 0 Å². The van der Waals surface area contributed by atoms with Crippen LogP contribution in [0.2, 0.25) is 0 Å². The van der Waals surface area contributed by atoms with Gasteiger partial charge in [0.15, 0.2) is 0 Å². The number of benzene rings is 1. The summed E-state index contributed by atoms with van der Waals surface area (Å²) in [7, 11) is 0. The van der Waals surface area contributed by atoms with Crippen molar-refractivity contribution in [2.75, 3.05) is 11.4 Å². The first kappa shape index (κ1) is 9.07. The molecule has 0 radical (unpaired) electrons. The van der Waals surface area contributed by atoms with E-state index in [1.54, 1.807) is 0 Å². The molecule has 1 heteroatoms. The molecule has 0 aliphatic carbocycles. The first-order valence-corrected chi connectivity index (χ1v) is 5.07. The van der Waals surface area contributed by atoms with Crippen LogP contribution in [0.1, 0.15) is 19.4 Å². The smallest absolute Gasteiger partial charge is 0.0485 e. The number of nitrogens with zero attached hydrogens (tertiary/aromatic N) is 1. The Morgan fingerprint density at radius 2 is 2.07 bits per heavy atom. The molecule has 0 fully saturated rings. The molecule has 2 rings (SSSR count). The number of rotatable bonds is 1. The Bertz CT molecular complexity index is 388. The Hall–Kier alpha value is -1.50. The van der Waals surface area contributed by atoms with Crippen LogP contribution in [0, 0.1) is 0 Å². The van der Waals surface area contributed by atoms with Gasteiger partial charge in [0, 0.05) is 24.0 Å². The molecule has 72 valence electrons. The Balaban J connectivity index is 2.55. The monoisotopic (exact) mass is 185 g/mol. The van der Waals surface area contributed by atoms with Crippen LogP contribution in [0.5, 0.6) is 0 Å². The van der Waals surface area contributed by atoms with Crippen molar-refractivity contribution in [1.82, 2.24) is 0 Å². The van der Waals surface area contributed by atoms with Crippen LogP contribution in [-0.2, 0) is 0 Å². The molecule has 1 aromatic rings. The Morgan fingerprint density at radius 3 is 2.79 bits per heavy atom. The number of para-hydroxylation sites is 1. The predicted octanol–water partition coefficient (Wildman–Crippen LogP) is 3.44. The van der Waals surface area contributed by atoms with Crippen molar-refractivity contribution in [1.29, 1.82) is 0 Å². The van der Waals surface area contributed by atoms with E-state index in [0.717, 1.165) is 6.54 Å². The molecule has 0 spiro atoms. The third-order valence-electron chi connectivity index (χ3n) is 2.61. The van der Waals surface area contributed by atoms with Crippen molar-refractivity contribution in [3.63, 3.8) is 0 Å². The lowest BCUT2D eigenvalue weighted by Crippen LogP contribution is -2.18. The van der Waals surface area contributed by atoms with E-state index in [-0.39, 0.29) is 0 Å². The van der Waals surface area contributed by atoms with Gasteiger partial charge in [-0.05, 0) is 31.6 Å². The molecule has 1 aliphatic heterocycles. The van der Waals surface area contributed by atoms with Gasteiger partial charge in [0.1, 0.15) is 0 Å². The third kappa shape index (κ3) is 1.35. The van der Waals surface area contributed by atoms with Crippen LogP contribution in [-0.4, -0.2) is 6.54 Å². The second kappa shape index (κ2) is 3.70. The molecular weight excluding hydrogens is 170 g/mol. The zero-order chi connectivity index (χ0) is 9.97. The minimum atomic E-state index is 1.02. The highest BCUT2D eigenvalue weighted by Gasteiger charge is 2.12. The fraction of sp³-hybridized carbons (Fsp3) is 0.231. The molecule has 1 aromatic carbocycles. The summed E-state index contributed by atoms with van der Waals surface area (Å²) in [5.41, 5.74) is 3.95. The summed E-state index contributed by atoms with van der Waals surface area (Å²) in [4.78, 5) is 2.27. The zero-order valence-electron chi connectivity index (χ0n) is 8.70. The van der Waals surface area contributed by atoms with Gasteiger partial charge in [-0.1, -0.05) is 24.3 Å². The summed E-state index contributed by atoms with van der Waals surface area (Å²) in [6.07, 6.45) is 6.48. The number of hydrogen-bond acceptors (Lipinski definition) is 1. The van der Waals surface area contributed by atoms with Gasteiger partial charge < -0.3 is 4.90 Å². The maximum atomic E-state index is 2.27. The summed E-state index contributed by atoms with van der Waals surface area (Å²) < 4.78 is 0. The Kier molecular flexibility index (Phi) is 2.40. The van der Waals surface area contributed by atoms with E-state index >= 15 is 0 Å². The van der Waals surface area contributed by atoms with Crippen LogP contribution in [0.25, 0.3) is 5.57 Å². The average Bonchev–Trinajstić information content (AvgIpc) is 2.27. The molecule has 1 nitrogen and oxygen atoms in total. The van der Waals surface area contributed by atoms with E-state index in [9.17, 15) is 0 Å². The molecule has 0 aromatic heterocycles. The van der Waals surface area contributed by atoms with E-state index in [4.69, 9.17) is 0 Å². The quantitative estimate of drug-likeness (QED) is 0.647. The van der Waals surface area contributed by atoms with Gasteiger partial charge >= 0.3 is 0 Å². The van der Waals surface area contributed by atoms with Gasteiger partial charge in [0.25, 0.3) is 0 Å². The van der Waals surface area contributed by atoms with Crippen LogP contribution in [0.15, 0.2) is 42.6 Å². The number of hydrogen-bond donors (Lipinski definition) is 0. The highest BCUT2D eigenvalue weighted by atomic mass is 15.1. The lowest BCUT2D eigenvalue weighted by molar-refractivity contribution is 1.01. The summed E-state index contributed by atoms with van der Waals surface area (Å²) >= 11 is 0. The van der Waals surface area contributed by atoms with Gasteiger partial charge in [-0.15, -0.1) is 0 Å². The maximum absolute atomic E-state index is 2.27. The van der Waals surface area contributed by atoms with E-state index < -0.39 is 0 Å². The average molecular weight is 185 g/mol. The standard InChI is InChI=1S/C13H15N/c1-3-11-9-10-14(4-2)13-8-6-5-7-12(11)13/h3,5-10H,4H2,1-2H3/b11-3-.